The van der Waals surface area contributed by atoms with Crippen LogP contribution in [0.2, 0.25) is 0 Å². The number of phenols is 1. The van der Waals surface area contributed by atoms with Gasteiger partial charge < -0.3 is 15.3 Å². The Morgan fingerprint density at radius 3 is 2.27 bits per heavy atom. The Bertz CT molecular complexity index is 765. The van der Waals surface area contributed by atoms with Crippen molar-refractivity contribution in [2.45, 2.75) is 26.8 Å². The van der Waals surface area contributed by atoms with Crippen LogP contribution in [-0.2, 0) is 4.79 Å². The highest BCUT2D eigenvalue weighted by atomic mass is 16.3. The zero-order valence-corrected chi connectivity index (χ0v) is 15.7. The SMILES string of the molecule is Cc1ccc(NC(=O)C(C)N2CCN(c3ccc(O)cc3)CC2)cc1C. The summed E-state index contributed by atoms with van der Waals surface area (Å²) in [7, 11) is 0. The van der Waals surface area contributed by atoms with Crippen molar-refractivity contribution in [3.05, 3.63) is 53.6 Å². The summed E-state index contributed by atoms with van der Waals surface area (Å²) >= 11 is 0. The van der Waals surface area contributed by atoms with Crippen LogP contribution in [0, 0.1) is 13.8 Å². The van der Waals surface area contributed by atoms with Crippen LogP contribution >= 0.6 is 0 Å². The molecule has 5 heteroatoms. The van der Waals surface area contributed by atoms with Crippen molar-refractivity contribution in [3.8, 4) is 5.75 Å². The van der Waals surface area contributed by atoms with Crippen molar-refractivity contribution in [3.63, 3.8) is 0 Å². The van der Waals surface area contributed by atoms with Gasteiger partial charge in [0.25, 0.3) is 0 Å². The third-order valence-electron chi connectivity index (χ3n) is 5.23. The first kappa shape index (κ1) is 18.3. The number of rotatable bonds is 4. The number of nitrogens with one attached hydrogen (secondary N) is 1. The van der Waals surface area contributed by atoms with Gasteiger partial charge in [-0.2, -0.15) is 0 Å². The number of hydrogen-bond donors (Lipinski definition) is 2. The Balaban J connectivity index is 1.55. The quantitative estimate of drug-likeness (QED) is 0.887. The summed E-state index contributed by atoms with van der Waals surface area (Å²) in [6, 6.07) is 13.1. The molecule has 0 radical (unpaired) electrons. The van der Waals surface area contributed by atoms with Crippen LogP contribution in [0.25, 0.3) is 0 Å². The molecule has 1 unspecified atom stereocenters. The lowest BCUT2D eigenvalue weighted by atomic mass is 10.1. The van der Waals surface area contributed by atoms with Gasteiger partial charge in [0.2, 0.25) is 5.91 Å². The van der Waals surface area contributed by atoms with E-state index in [-0.39, 0.29) is 17.7 Å². The van der Waals surface area contributed by atoms with Crippen molar-refractivity contribution in [2.24, 2.45) is 0 Å². The van der Waals surface area contributed by atoms with E-state index < -0.39 is 0 Å². The molecule has 138 valence electrons. The molecule has 1 amide bonds. The number of aryl methyl sites for hydroxylation is 2. The molecule has 0 bridgehead atoms. The average Bonchev–Trinajstić information content (AvgIpc) is 2.65. The highest BCUT2D eigenvalue weighted by Crippen LogP contribution is 2.21. The molecular formula is C21H27N3O2. The maximum absolute atomic E-state index is 12.6. The van der Waals surface area contributed by atoms with Gasteiger partial charge in [-0.1, -0.05) is 6.07 Å². The predicted molar refractivity (Wildman–Crippen MR) is 106 cm³/mol. The first-order valence-corrected chi connectivity index (χ1v) is 9.10. The number of phenolic OH excluding ortho intramolecular Hbond substituents is 1. The molecule has 1 aliphatic heterocycles. The van der Waals surface area contributed by atoms with Crippen LogP contribution in [0.15, 0.2) is 42.5 Å². The molecule has 1 saturated heterocycles. The molecule has 2 aromatic carbocycles. The number of benzene rings is 2. The Hall–Kier alpha value is -2.53. The zero-order chi connectivity index (χ0) is 18.7. The van der Waals surface area contributed by atoms with Crippen LogP contribution < -0.4 is 10.2 Å². The summed E-state index contributed by atoms with van der Waals surface area (Å²) in [6.45, 7) is 9.49. The van der Waals surface area contributed by atoms with Gasteiger partial charge in [-0.3, -0.25) is 9.69 Å². The van der Waals surface area contributed by atoms with Crippen molar-refractivity contribution in [1.29, 1.82) is 0 Å². The first-order valence-electron chi connectivity index (χ1n) is 9.10. The first-order chi connectivity index (χ1) is 12.4. The molecule has 1 atom stereocenters. The van der Waals surface area contributed by atoms with E-state index in [0.29, 0.717) is 0 Å². The van der Waals surface area contributed by atoms with Gasteiger partial charge in [-0.15, -0.1) is 0 Å². The summed E-state index contributed by atoms with van der Waals surface area (Å²) < 4.78 is 0. The van der Waals surface area contributed by atoms with E-state index >= 15 is 0 Å². The fourth-order valence-electron chi connectivity index (χ4n) is 3.26. The van der Waals surface area contributed by atoms with E-state index in [4.69, 9.17) is 0 Å². The van der Waals surface area contributed by atoms with Gasteiger partial charge in [0, 0.05) is 37.6 Å². The van der Waals surface area contributed by atoms with E-state index in [1.807, 2.05) is 37.3 Å². The molecule has 26 heavy (non-hydrogen) atoms. The minimum atomic E-state index is -0.168. The fraction of sp³-hybridized carbons (Fsp3) is 0.381. The Morgan fingerprint density at radius 2 is 1.65 bits per heavy atom. The molecule has 0 aromatic heterocycles. The molecule has 1 heterocycles. The average molecular weight is 353 g/mol. The Morgan fingerprint density at radius 1 is 1.00 bits per heavy atom. The van der Waals surface area contributed by atoms with E-state index in [9.17, 15) is 9.90 Å². The second-order valence-electron chi connectivity index (χ2n) is 7.00. The largest absolute Gasteiger partial charge is 0.508 e. The lowest BCUT2D eigenvalue weighted by Crippen LogP contribution is -2.52. The van der Waals surface area contributed by atoms with Crippen molar-refractivity contribution >= 4 is 17.3 Å². The third kappa shape index (κ3) is 4.17. The molecular weight excluding hydrogens is 326 g/mol. The van der Waals surface area contributed by atoms with Crippen molar-refractivity contribution in [2.75, 3.05) is 36.4 Å². The number of hydrogen-bond acceptors (Lipinski definition) is 4. The van der Waals surface area contributed by atoms with Gasteiger partial charge in [0.05, 0.1) is 6.04 Å². The zero-order valence-electron chi connectivity index (χ0n) is 15.7. The molecule has 1 fully saturated rings. The third-order valence-corrected chi connectivity index (χ3v) is 5.23. The Kier molecular flexibility index (Phi) is 5.47. The smallest absolute Gasteiger partial charge is 0.241 e. The second kappa shape index (κ2) is 7.79. The standard InChI is InChI=1S/C21H27N3O2/c1-15-4-5-18(14-16(15)2)22-21(26)17(3)23-10-12-24(13-11-23)19-6-8-20(25)9-7-19/h4-9,14,17,25H,10-13H2,1-3H3,(H,22,26). The summed E-state index contributed by atoms with van der Waals surface area (Å²) in [5.74, 6) is 0.315. The molecule has 0 saturated carbocycles. The molecule has 0 spiro atoms. The highest BCUT2D eigenvalue weighted by molar-refractivity contribution is 5.94. The van der Waals surface area contributed by atoms with Gasteiger partial charge in [0.1, 0.15) is 5.75 Å². The number of carbonyl (C=O) groups is 1. The molecule has 2 N–H and O–H groups in total. The van der Waals surface area contributed by atoms with Crippen LogP contribution in [-0.4, -0.2) is 48.1 Å². The number of nitrogens with zero attached hydrogens (tertiary/aromatic N) is 2. The van der Waals surface area contributed by atoms with Crippen LogP contribution in [0.1, 0.15) is 18.1 Å². The molecule has 3 rings (SSSR count). The van der Waals surface area contributed by atoms with E-state index in [0.717, 1.165) is 37.6 Å². The molecule has 0 aliphatic carbocycles. The summed E-state index contributed by atoms with van der Waals surface area (Å²) in [5.41, 5.74) is 4.36. The lowest BCUT2D eigenvalue weighted by molar-refractivity contribution is -0.120. The summed E-state index contributed by atoms with van der Waals surface area (Å²) in [6.07, 6.45) is 0. The van der Waals surface area contributed by atoms with Crippen LogP contribution in [0.4, 0.5) is 11.4 Å². The minimum absolute atomic E-state index is 0.0336. The maximum Gasteiger partial charge on any atom is 0.241 e. The summed E-state index contributed by atoms with van der Waals surface area (Å²) in [4.78, 5) is 17.1. The monoisotopic (exact) mass is 353 g/mol. The molecule has 5 nitrogen and oxygen atoms in total. The maximum atomic E-state index is 12.6. The van der Waals surface area contributed by atoms with Crippen LogP contribution in [0.3, 0.4) is 0 Å². The second-order valence-corrected chi connectivity index (χ2v) is 7.00. The fourth-order valence-corrected chi connectivity index (χ4v) is 3.26. The number of anilines is 2. The summed E-state index contributed by atoms with van der Waals surface area (Å²) in [5, 5.41) is 12.4. The number of aromatic hydroxyl groups is 1. The van der Waals surface area contributed by atoms with Crippen molar-refractivity contribution < 1.29 is 9.90 Å². The minimum Gasteiger partial charge on any atom is -0.508 e. The topological polar surface area (TPSA) is 55.8 Å². The van der Waals surface area contributed by atoms with Crippen molar-refractivity contribution in [1.82, 2.24) is 4.90 Å². The molecule has 2 aromatic rings. The van der Waals surface area contributed by atoms with E-state index in [1.165, 1.54) is 11.1 Å². The number of amides is 1. The lowest BCUT2D eigenvalue weighted by Gasteiger charge is -2.38. The van der Waals surface area contributed by atoms with Gasteiger partial charge in [-0.25, -0.2) is 0 Å². The van der Waals surface area contributed by atoms with E-state index in [2.05, 4.69) is 29.0 Å². The normalized spacial score (nSPS) is 16.3. The van der Waals surface area contributed by atoms with Gasteiger partial charge >= 0.3 is 0 Å². The number of piperazine rings is 1. The number of carbonyl (C=O) groups excluding carboxylic acids is 1. The van der Waals surface area contributed by atoms with Crippen LogP contribution in [0.5, 0.6) is 5.75 Å². The van der Waals surface area contributed by atoms with E-state index in [1.54, 1.807) is 12.1 Å². The molecule has 1 aliphatic rings. The highest BCUT2D eigenvalue weighted by Gasteiger charge is 2.25. The van der Waals surface area contributed by atoms with Gasteiger partial charge in [-0.05, 0) is 68.3 Å². The van der Waals surface area contributed by atoms with Gasteiger partial charge in [0.15, 0.2) is 0 Å². The Labute approximate surface area is 155 Å². The predicted octanol–water partition coefficient (Wildman–Crippen LogP) is 3.16.